The summed E-state index contributed by atoms with van der Waals surface area (Å²) in [5.41, 5.74) is 0.837. The maximum Gasteiger partial charge on any atom is 0.228 e. The average Bonchev–Trinajstić information content (AvgIpc) is 3.28. The minimum absolute atomic E-state index is 0.142. The molecule has 1 amide bonds. The fourth-order valence-corrected chi connectivity index (χ4v) is 5.22. The Morgan fingerprint density at radius 1 is 1.34 bits per heavy atom. The summed E-state index contributed by atoms with van der Waals surface area (Å²) in [6.07, 6.45) is -0.404. The SMILES string of the molecule is CC(C)C(=O)Nc1ncnc2c1ncn2C1OC(CO)C(O)C1OCCSSC(C)(C)C. The fraction of sp³-hybridized carbons (Fsp3) is 0.700. The molecule has 0 radical (unpaired) electrons. The number of hydrogen-bond acceptors (Lipinski definition) is 10. The topological polar surface area (TPSA) is 132 Å². The van der Waals surface area contributed by atoms with Crippen LogP contribution < -0.4 is 5.32 Å². The largest absolute Gasteiger partial charge is 0.394 e. The first-order valence-corrected chi connectivity index (χ1v) is 12.8. The number of aliphatic hydroxyl groups is 2. The minimum Gasteiger partial charge on any atom is -0.394 e. The van der Waals surface area contributed by atoms with Crippen LogP contribution in [0.5, 0.6) is 0 Å². The Balaban J connectivity index is 1.78. The highest BCUT2D eigenvalue weighted by Gasteiger charge is 2.46. The molecular formula is C20H31N5O5S2. The molecule has 3 N–H and O–H groups in total. The maximum absolute atomic E-state index is 12.1. The molecule has 4 unspecified atom stereocenters. The van der Waals surface area contributed by atoms with Crippen molar-refractivity contribution in [3.63, 3.8) is 0 Å². The molecule has 4 atom stereocenters. The first-order valence-electron chi connectivity index (χ1n) is 10.5. The van der Waals surface area contributed by atoms with Gasteiger partial charge in [0.15, 0.2) is 23.2 Å². The fourth-order valence-electron chi connectivity index (χ4n) is 3.10. The molecule has 3 heterocycles. The molecule has 0 aliphatic carbocycles. The Labute approximate surface area is 195 Å². The number of carbonyl (C=O) groups is 1. The van der Waals surface area contributed by atoms with E-state index >= 15 is 0 Å². The molecule has 1 saturated heterocycles. The van der Waals surface area contributed by atoms with Crippen LogP contribution in [0.2, 0.25) is 0 Å². The van der Waals surface area contributed by atoms with Crippen molar-refractivity contribution in [2.24, 2.45) is 5.92 Å². The van der Waals surface area contributed by atoms with Crippen LogP contribution in [0.25, 0.3) is 11.2 Å². The van der Waals surface area contributed by atoms with Crippen molar-refractivity contribution >= 4 is 44.5 Å². The Kier molecular flexibility index (Phi) is 8.39. The summed E-state index contributed by atoms with van der Waals surface area (Å²) in [7, 11) is 3.47. The zero-order valence-corrected chi connectivity index (χ0v) is 20.5. The van der Waals surface area contributed by atoms with Gasteiger partial charge in [-0.05, 0) is 0 Å². The number of amides is 1. The smallest absolute Gasteiger partial charge is 0.228 e. The monoisotopic (exact) mass is 485 g/mol. The lowest BCUT2D eigenvalue weighted by Crippen LogP contribution is -2.36. The Morgan fingerprint density at radius 2 is 2.09 bits per heavy atom. The normalized spacial score (nSPS) is 23.9. The summed E-state index contributed by atoms with van der Waals surface area (Å²) in [6, 6.07) is 0. The number of nitrogens with one attached hydrogen (secondary N) is 1. The predicted octanol–water partition coefficient (Wildman–Crippen LogP) is 2.24. The third kappa shape index (κ3) is 5.91. The number of aliphatic hydroxyl groups excluding tert-OH is 2. The number of imidazole rings is 1. The molecule has 0 saturated carbocycles. The van der Waals surface area contributed by atoms with Crippen LogP contribution >= 0.6 is 21.6 Å². The molecule has 12 heteroatoms. The zero-order valence-electron chi connectivity index (χ0n) is 18.9. The first-order chi connectivity index (χ1) is 15.1. The molecule has 2 aromatic heterocycles. The van der Waals surface area contributed by atoms with Gasteiger partial charge in [-0.1, -0.05) is 56.2 Å². The summed E-state index contributed by atoms with van der Waals surface area (Å²) in [4.78, 5) is 24.9. The van der Waals surface area contributed by atoms with Gasteiger partial charge in [-0.3, -0.25) is 9.36 Å². The molecule has 2 aromatic rings. The van der Waals surface area contributed by atoms with E-state index in [1.807, 2.05) is 0 Å². The van der Waals surface area contributed by atoms with E-state index in [4.69, 9.17) is 9.47 Å². The van der Waals surface area contributed by atoms with E-state index in [0.717, 1.165) is 5.75 Å². The van der Waals surface area contributed by atoms with Crippen molar-refractivity contribution in [2.75, 3.05) is 24.3 Å². The van der Waals surface area contributed by atoms with Crippen LogP contribution in [0.4, 0.5) is 5.82 Å². The lowest BCUT2D eigenvalue weighted by Gasteiger charge is -2.22. The van der Waals surface area contributed by atoms with Gasteiger partial charge < -0.3 is 25.0 Å². The molecule has 0 bridgehead atoms. The average molecular weight is 486 g/mol. The lowest BCUT2D eigenvalue weighted by molar-refractivity contribution is -0.118. The van der Waals surface area contributed by atoms with Crippen molar-refractivity contribution in [2.45, 2.75) is 63.9 Å². The van der Waals surface area contributed by atoms with Gasteiger partial charge in [0.05, 0.1) is 19.5 Å². The third-order valence-electron chi connectivity index (χ3n) is 4.68. The maximum atomic E-state index is 12.1. The van der Waals surface area contributed by atoms with Crippen LogP contribution in [-0.4, -0.2) is 77.7 Å². The van der Waals surface area contributed by atoms with Gasteiger partial charge in [-0.2, -0.15) is 0 Å². The van der Waals surface area contributed by atoms with Crippen LogP contribution in [-0.2, 0) is 14.3 Å². The van der Waals surface area contributed by atoms with Gasteiger partial charge in [0.25, 0.3) is 0 Å². The van der Waals surface area contributed by atoms with Gasteiger partial charge >= 0.3 is 0 Å². The van der Waals surface area contributed by atoms with Crippen LogP contribution in [0.3, 0.4) is 0 Å². The Morgan fingerprint density at radius 3 is 2.75 bits per heavy atom. The Hall–Kier alpha value is -1.44. The second kappa shape index (κ2) is 10.7. The highest BCUT2D eigenvalue weighted by atomic mass is 33.1. The van der Waals surface area contributed by atoms with Crippen molar-refractivity contribution in [1.29, 1.82) is 0 Å². The standard InChI is InChI=1S/C20H31N5O5S2/c1-11(2)18(28)24-16-13-17(22-9-21-16)25(10-23-13)19-15(14(27)12(8-26)30-19)29-6-7-31-32-20(3,4)5/h9-12,14-15,19,26-27H,6-8H2,1-5H3,(H,21,22,24,28). The second-order valence-corrected chi connectivity index (χ2v) is 12.0. The number of ether oxygens (including phenoxy) is 2. The van der Waals surface area contributed by atoms with Gasteiger partial charge in [-0.25, -0.2) is 15.0 Å². The Bertz CT molecular complexity index is 919. The highest BCUT2D eigenvalue weighted by molar-refractivity contribution is 8.77. The molecule has 1 aliphatic rings. The molecular weight excluding hydrogens is 454 g/mol. The van der Waals surface area contributed by atoms with Crippen LogP contribution in [0.1, 0.15) is 40.8 Å². The summed E-state index contributed by atoms with van der Waals surface area (Å²) >= 11 is 0. The van der Waals surface area contributed by atoms with Crippen LogP contribution in [0.15, 0.2) is 12.7 Å². The molecule has 10 nitrogen and oxygen atoms in total. The predicted molar refractivity (Wildman–Crippen MR) is 125 cm³/mol. The van der Waals surface area contributed by atoms with Gasteiger partial charge in [0.2, 0.25) is 5.91 Å². The number of anilines is 1. The van der Waals surface area contributed by atoms with Crippen LogP contribution in [0, 0.1) is 5.92 Å². The van der Waals surface area contributed by atoms with Crippen molar-refractivity contribution in [1.82, 2.24) is 19.5 Å². The van der Waals surface area contributed by atoms with E-state index in [9.17, 15) is 15.0 Å². The summed E-state index contributed by atoms with van der Waals surface area (Å²) in [6.45, 7) is 10.1. The molecule has 0 aromatic carbocycles. The van der Waals surface area contributed by atoms with Gasteiger partial charge in [0, 0.05) is 16.4 Å². The highest BCUT2D eigenvalue weighted by Crippen LogP contribution is 2.36. The van der Waals surface area contributed by atoms with Crippen molar-refractivity contribution in [3.8, 4) is 0 Å². The summed E-state index contributed by atoms with van der Waals surface area (Å²) < 4.78 is 13.7. The minimum atomic E-state index is -1.01. The molecule has 0 spiro atoms. The van der Waals surface area contributed by atoms with Gasteiger partial charge in [-0.15, -0.1) is 0 Å². The number of aromatic nitrogens is 4. The quantitative estimate of drug-likeness (QED) is 0.359. The molecule has 1 fully saturated rings. The number of nitrogens with zero attached hydrogens (tertiary/aromatic N) is 4. The molecule has 1 aliphatic heterocycles. The first kappa shape index (κ1) is 25.2. The number of rotatable bonds is 9. The van der Waals surface area contributed by atoms with E-state index < -0.39 is 24.5 Å². The van der Waals surface area contributed by atoms with Crippen molar-refractivity contribution in [3.05, 3.63) is 12.7 Å². The van der Waals surface area contributed by atoms with Crippen molar-refractivity contribution < 1.29 is 24.5 Å². The van der Waals surface area contributed by atoms with E-state index in [0.29, 0.717) is 23.6 Å². The summed E-state index contributed by atoms with van der Waals surface area (Å²) in [5, 5.41) is 23.1. The second-order valence-electron chi connectivity index (χ2n) is 8.78. The molecule has 32 heavy (non-hydrogen) atoms. The van der Waals surface area contributed by atoms with E-state index in [2.05, 4.69) is 41.0 Å². The van der Waals surface area contributed by atoms with E-state index in [1.54, 1.807) is 40.0 Å². The molecule has 178 valence electrons. The summed E-state index contributed by atoms with van der Waals surface area (Å²) in [5.74, 6) is 0.643. The zero-order chi connectivity index (χ0) is 23.5. The number of fused-ring (bicyclic) bond motifs is 1. The van der Waals surface area contributed by atoms with E-state index in [-0.39, 0.29) is 23.2 Å². The van der Waals surface area contributed by atoms with Gasteiger partial charge in [0.1, 0.15) is 24.6 Å². The number of hydrogen-bond donors (Lipinski definition) is 3. The molecule has 3 rings (SSSR count). The lowest BCUT2D eigenvalue weighted by atomic mass is 10.1. The number of carbonyl (C=O) groups excluding carboxylic acids is 1. The van der Waals surface area contributed by atoms with E-state index in [1.165, 1.54) is 12.7 Å². The third-order valence-corrected chi connectivity index (χ3v) is 7.98.